The first kappa shape index (κ1) is 18.6. The Morgan fingerprint density at radius 1 is 1.03 bits per heavy atom. The van der Waals surface area contributed by atoms with Crippen LogP contribution in [0.4, 0.5) is 0 Å². The van der Waals surface area contributed by atoms with Crippen LogP contribution in [-0.2, 0) is 4.79 Å². The molecule has 5 rings (SSSR count). The zero-order valence-electron chi connectivity index (χ0n) is 16.6. The molecule has 6 nitrogen and oxygen atoms in total. The van der Waals surface area contributed by atoms with E-state index in [1.165, 1.54) is 0 Å². The molecule has 0 radical (unpaired) electrons. The van der Waals surface area contributed by atoms with Crippen molar-refractivity contribution in [3.63, 3.8) is 0 Å². The van der Waals surface area contributed by atoms with E-state index in [-0.39, 0.29) is 30.2 Å². The molecule has 2 heterocycles. The van der Waals surface area contributed by atoms with E-state index in [2.05, 4.69) is 10.3 Å². The third kappa shape index (κ3) is 3.61. The van der Waals surface area contributed by atoms with Crippen LogP contribution in [-0.4, -0.2) is 34.8 Å². The quantitative estimate of drug-likeness (QED) is 0.719. The van der Waals surface area contributed by atoms with Crippen molar-refractivity contribution in [2.45, 2.75) is 31.2 Å². The molecule has 3 aromatic rings. The molecule has 2 amide bonds. The Hall–Kier alpha value is -3.41. The summed E-state index contributed by atoms with van der Waals surface area (Å²) in [6, 6.07) is 19.0. The SMILES string of the molecule is O=C1CC(c2ccccc2)N(C(=O)c2nc(-c3ccccc3)oc2C2CC2)CCN1. The average Bonchev–Trinajstić information content (AvgIpc) is 3.57. The molecule has 1 N–H and O–H groups in total. The Balaban J connectivity index is 1.53. The number of rotatable bonds is 4. The van der Waals surface area contributed by atoms with Crippen molar-refractivity contribution in [2.75, 3.05) is 13.1 Å². The van der Waals surface area contributed by atoms with Gasteiger partial charge in [-0.2, -0.15) is 0 Å². The molecule has 1 unspecified atom stereocenters. The van der Waals surface area contributed by atoms with E-state index in [4.69, 9.17) is 4.42 Å². The summed E-state index contributed by atoms with van der Waals surface area (Å²) in [5.74, 6) is 1.17. The summed E-state index contributed by atoms with van der Waals surface area (Å²) in [5, 5.41) is 2.88. The van der Waals surface area contributed by atoms with E-state index in [1.807, 2.05) is 60.7 Å². The van der Waals surface area contributed by atoms with E-state index in [0.717, 1.165) is 24.0 Å². The maximum atomic E-state index is 13.7. The Morgan fingerprint density at radius 3 is 2.43 bits per heavy atom. The van der Waals surface area contributed by atoms with Gasteiger partial charge in [-0.1, -0.05) is 48.5 Å². The highest BCUT2D eigenvalue weighted by Gasteiger charge is 2.38. The van der Waals surface area contributed by atoms with Gasteiger partial charge in [0.05, 0.1) is 12.5 Å². The summed E-state index contributed by atoms with van der Waals surface area (Å²) in [5.41, 5.74) is 2.18. The predicted molar refractivity (Wildman–Crippen MR) is 112 cm³/mol. The molecule has 6 heteroatoms. The molecule has 1 aliphatic heterocycles. The number of aromatic nitrogens is 1. The molecule has 1 aliphatic carbocycles. The fourth-order valence-corrected chi connectivity index (χ4v) is 3.99. The first-order valence-electron chi connectivity index (χ1n) is 10.4. The standard InChI is InChI=1S/C24H23N3O3/c28-20-15-19(16-7-3-1-4-8-16)27(14-13-25-20)24(29)21-22(17-11-12-17)30-23(26-21)18-9-5-2-6-10-18/h1-10,17,19H,11-15H2,(H,25,28). The fourth-order valence-electron chi connectivity index (χ4n) is 3.99. The largest absolute Gasteiger partial charge is 0.440 e. The number of nitrogens with zero attached hydrogens (tertiary/aromatic N) is 2. The molecule has 0 bridgehead atoms. The highest BCUT2D eigenvalue weighted by atomic mass is 16.4. The maximum Gasteiger partial charge on any atom is 0.276 e. The fraction of sp³-hybridized carbons (Fsp3) is 0.292. The van der Waals surface area contributed by atoms with Crippen molar-refractivity contribution in [3.05, 3.63) is 77.7 Å². The Labute approximate surface area is 174 Å². The first-order chi connectivity index (χ1) is 14.7. The molecule has 2 aliphatic rings. The van der Waals surface area contributed by atoms with Crippen LogP contribution in [0.25, 0.3) is 11.5 Å². The summed E-state index contributed by atoms with van der Waals surface area (Å²) in [6.45, 7) is 0.859. The van der Waals surface area contributed by atoms with Crippen LogP contribution in [0.2, 0.25) is 0 Å². The van der Waals surface area contributed by atoms with E-state index in [9.17, 15) is 9.59 Å². The van der Waals surface area contributed by atoms with E-state index < -0.39 is 0 Å². The van der Waals surface area contributed by atoms with Crippen molar-refractivity contribution >= 4 is 11.8 Å². The zero-order chi connectivity index (χ0) is 20.5. The van der Waals surface area contributed by atoms with Gasteiger partial charge in [0.25, 0.3) is 5.91 Å². The molecule has 1 saturated carbocycles. The molecular weight excluding hydrogens is 378 g/mol. The van der Waals surface area contributed by atoms with Crippen LogP contribution < -0.4 is 5.32 Å². The number of oxazole rings is 1. The summed E-state index contributed by atoms with van der Waals surface area (Å²) < 4.78 is 6.09. The molecule has 1 aromatic heterocycles. The number of hydrogen-bond donors (Lipinski definition) is 1. The second-order valence-corrected chi connectivity index (χ2v) is 7.85. The van der Waals surface area contributed by atoms with Gasteiger partial charge >= 0.3 is 0 Å². The summed E-state index contributed by atoms with van der Waals surface area (Å²) in [6.07, 6.45) is 2.25. The number of nitrogens with one attached hydrogen (secondary N) is 1. The monoisotopic (exact) mass is 401 g/mol. The highest BCUT2D eigenvalue weighted by Crippen LogP contribution is 2.44. The number of amides is 2. The Bertz CT molecular complexity index is 1060. The van der Waals surface area contributed by atoms with Crippen molar-refractivity contribution in [2.24, 2.45) is 0 Å². The summed E-state index contributed by atoms with van der Waals surface area (Å²) in [4.78, 5) is 32.4. The molecule has 2 fully saturated rings. The van der Waals surface area contributed by atoms with Crippen LogP contribution in [0, 0.1) is 0 Å². The van der Waals surface area contributed by atoms with Gasteiger partial charge in [-0.3, -0.25) is 9.59 Å². The minimum Gasteiger partial charge on any atom is -0.440 e. The Kier molecular flexibility index (Phi) is 4.83. The molecule has 152 valence electrons. The zero-order valence-corrected chi connectivity index (χ0v) is 16.6. The minimum atomic E-state index is -0.329. The Morgan fingerprint density at radius 2 is 1.73 bits per heavy atom. The van der Waals surface area contributed by atoms with Crippen LogP contribution >= 0.6 is 0 Å². The lowest BCUT2D eigenvalue weighted by molar-refractivity contribution is -0.121. The molecule has 30 heavy (non-hydrogen) atoms. The second kappa shape index (κ2) is 7.78. The van der Waals surface area contributed by atoms with Crippen molar-refractivity contribution < 1.29 is 14.0 Å². The lowest BCUT2D eigenvalue weighted by Gasteiger charge is -2.29. The normalized spacial score (nSPS) is 19.3. The topological polar surface area (TPSA) is 75.4 Å². The third-order valence-corrected chi connectivity index (χ3v) is 5.70. The number of benzene rings is 2. The van der Waals surface area contributed by atoms with Gasteiger partial charge in [0, 0.05) is 24.6 Å². The van der Waals surface area contributed by atoms with Gasteiger partial charge in [0.2, 0.25) is 11.8 Å². The lowest BCUT2D eigenvalue weighted by Crippen LogP contribution is -2.37. The van der Waals surface area contributed by atoms with E-state index >= 15 is 0 Å². The van der Waals surface area contributed by atoms with Gasteiger partial charge in [0.15, 0.2) is 5.69 Å². The van der Waals surface area contributed by atoms with Gasteiger partial charge < -0.3 is 14.6 Å². The minimum absolute atomic E-state index is 0.0494. The first-order valence-corrected chi connectivity index (χ1v) is 10.4. The van der Waals surface area contributed by atoms with Crippen molar-refractivity contribution in [3.8, 4) is 11.5 Å². The van der Waals surface area contributed by atoms with Crippen LogP contribution in [0.5, 0.6) is 0 Å². The predicted octanol–water partition coefficient (Wildman–Crippen LogP) is 3.92. The smallest absolute Gasteiger partial charge is 0.276 e. The third-order valence-electron chi connectivity index (χ3n) is 5.70. The van der Waals surface area contributed by atoms with Crippen molar-refractivity contribution in [1.29, 1.82) is 0 Å². The molecule has 2 aromatic carbocycles. The van der Waals surface area contributed by atoms with Gasteiger partial charge in [-0.25, -0.2) is 4.98 Å². The maximum absolute atomic E-state index is 13.7. The molecule has 1 atom stereocenters. The lowest BCUT2D eigenvalue weighted by atomic mass is 10.0. The molecular formula is C24H23N3O3. The van der Waals surface area contributed by atoms with Crippen LogP contribution in [0.3, 0.4) is 0 Å². The summed E-state index contributed by atoms with van der Waals surface area (Å²) in [7, 11) is 0. The van der Waals surface area contributed by atoms with Gasteiger partial charge in [-0.15, -0.1) is 0 Å². The van der Waals surface area contributed by atoms with Crippen LogP contribution in [0.15, 0.2) is 65.1 Å². The van der Waals surface area contributed by atoms with Crippen LogP contribution in [0.1, 0.15) is 53.0 Å². The number of carbonyl (C=O) groups is 2. The van der Waals surface area contributed by atoms with E-state index in [0.29, 0.717) is 30.4 Å². The number of carbonyl (C=O) groups excluding carboxylic acids is 2. The second-order valence-electron chi connectivity index (χ2n) is 7.85. The van der Waals surface area contributed by atoms with Crippen molar-refractivity contribution in [1.82, 2.24) is 15.2 Å². The average molecular weight is 401 g/mol. The molecule has 1 saturated heterocycles. The highest BCUT2D eigenvalue weighted by molar-refractivity contribution is 5.95. The number of hydrogen-bond acceptors (Lipinski definition) is 4. The van der Waals surface area contributed by atoms with Gasteiger partial charge in [-0.05, 0) is 30.5 Å². The molecule has 0 spiro atoms. The van der Waals surface area contributed by atoms with Gasteiger partial charge in [0.1, 0.15) is 5.76 Å². The summed E-state index contributed by atoms with van der Waals surface area (Å²) >= 11 is 0. The van der Waals surface area contributed by atoms with E-state index in [1.54, 1.807) is 4.90 Å².